The molecule has 0 aliphatic carbocycles. The average Bonchev–Trinajstić information content (AvgIpc) is 2.44. The van der Waals surface area contributed by atoms with Crippen LogP contribution in [0, 0.1) is 27.4 Å². The summed E-state index contributed by atoms with van der Waals surface area (Å²) in [5.74, 6) is -0.183. The van der Waals surface area contributed by atoms with E-state index in [2.05, 4.69) is 11.4 Å². The van der Waals surface area contributed by atoms with Crippen LogP contribution in [-0.4, -0.2) is 24.6 Å². The van der Waals surface area contributed by atoms with Crippen LogP contribution in [0.3, 0.4) is 0 Å². The molecule has 1 unspecified atom stereocenters. The second-order valence-electron chi connectivity index (χ2n) is 4.53. The van der Waals surface area contributed by atoms with Crippen LogP contribution in [0.15, 0.2) is 18.2 Å². The number of nitro benzene ring substituents is 1. The van der Waals surface area contributed by atoms with Crippen molar-refractivity contribution in [3.8, 4) is 6.07 Å². The summed E-state index contributed by atoms with van der Waals surface area (Å²) in [4.78, 5) is 12.9. The molecule has 0 spiro atoms. The molecule has 1 aromatic rings. The quantitative estimate of drug-likeness (QED) is 0.611. The van der Waals surface area contributed by atoms with Gasteiger partial charge in [-0.25, -0.2) is 0 Å². The number of nitrogens with one attached hydrogen (secondary N) is 1. The summed E-state index contributed by atoms with van der Waals surface area (Å²) in [6.07, 6.45) is 0. The van der Waals surface area contributed by atoms with Crippen LogP contribution in [0.2, 0.25) is 0 Å². The van der Waals surface area contributed by atoms with Crippen molar-refractivity contribution < 1.29 is 4.92 Å². The zero-order valence-corrected chi connectivity index (χ0v) is 12.1. The monoisotopic (exact) mass is 276 g/mol. The molecule has 0 aliphatic rings. The average molecular weight is 276 g/mol. The Morgan fingerprint density at radius 2 is 2.20 bits per heavy atom. The van der Waals surface area contributed by atoms with Gasteiger partial charge in [-0.2, -0.15) is 5.26 Å². The molecule has 0 saturated heterocycles. The van der Waals surface area contributed by atoms with E-state index in [-0.39, 0.29) is 16.5 Å². The minimum atomic E-state index is -0.368. The summed E-state index contributed by atoms with van der Waals surface area (Å²) >= 11 is 0. The van der Waals surface area contributed by atoms with Crippen LogP contribution in [0.25, 0.3) is 0 Å². The zero-order valence-electron chi connectivity index (χ0n) is 12.1. The lowest BCUT2D eigenvalue weighted by Crippen LogP contribution is -2.28. The van der Waals surface area contributed by atoms with Crippen molar-refractivity contribution in [1.82, 2.24) is 0 Å². The summed E-state index contributed by atoms with van der Waals surface area (Å²) < 4.78 is 0. The van der Waals surface area contributed by atoms with E-state index in [9.17, 15) is 10.1 Å². The minimum absolute atomic E-state index is 0.0707. The lowest BCUT2D eigenvalue weighted by molar-refractivity contribution is -0.383. The molecule has 1 rings (SSSR count). The van der Waals surface area contributed by atoms with Gasteiger partial charge in [0.1, 0.15) is 11.4 Å². The van der Waals surface area contributed by atoms with Gasteiger partial charge in [-0.05, 0) is 32.9 Å². The number of hydrogen-bond acceptors (Lipinski definition) is 5. The van der Waals surface area contributed by atoms with Crippen LogP contribution in [0.5, 0.6) is 0 Å². The number of para-hydroxylation sites is 1. The maximum Gasteiger partial charge on any atom is 0.315 e. The number of anilines is 2. The molecular formula is C14H20N4O2. The number of nitrogens with zero attached hydrogens (tertiary/aromatic N) is 3. The molecule has 6 heteroatoms. The first-order chi connectivity index (χ1) is 9.54. The van der Waals surface area contributed by atoms with Gasteiger partial charge in [-0.1, -0.05) is 6.07 Å². The van der Waals surface area contributed by atoms with E-state index in [0.717, 1.165) is 0 Å². The SMILES string of the molecule is CCNc1cccc(N(CC)CC(C)C#N)c1[N+](=O)[O-]. The normalized spacial score (nSPS) is 11.5. The molecule has 0 fully saturated rings. The summed E-state index contributed by atoms with van der Waals surface area (Å²) in [7, 11) is 0. The molecule has 0 bridgehead atoms. The molecule has 6 nitrogen and oxygen atoms in total. The molecule has 0 amide bonds. The van der Waals surface area contributed by atoms with Crippen molar-refractivity contribution in [2.45, 2.75) is 20.8 Å². The Labute approximate surface area is 119 Å². The van der Waals surface area contributed by atoms with E-state index >= 15 is 0 Å². The highest BCUT2D eigenvalue weighted by molar-refractivity contribution is 5.77. The molecule has 1 N–H and O–H groups in total. The predicted octanol–water partition coefficient (Wildman–Crippen LogP) is 3.01. The first-order valence-corrected chi connectivity index (χ1v) is 6.70. The predicted molar refractivity (Wildman–Crippen MR) is 79.9 cm³/mol. The van der Waals surface area contributed by atoms with Crippen molar-refractivity contribution >= 4 is 17.1 Å². The van der Waals surface area contributed by atoms with E-state index in [1.807, 2.05) is 25.7 Å². The topological polar surface area (TPSA) is 82.2 Å². The molecule has 0 saturated carbocycles. The molecule has 1 atom stereocenters. The second kappa shape index (κ2) is 7.34. The molecule has 0 aromatic heterocycles. The standard InChI is InChI=1S/C14H20N4O2/c1-4-16-12-7-6-8-13(14(12)18(19)20)17(5-2)10-11(3)9-15/h6-8,11,16H,4-5,10H2,1-3H3. The van der Waals surface area contributed by atoms with Crippen molar-refractivity contribution in [1.29, 1.82) is 5.26 Å². The van der Waals surface area contributed by atoms with Crippen molar-refractivity contribution in [2.75, 3.05) is 29.9 Å². The second-order valence-corrected chi connectivity index (χ2v) is 4.53. The molecule has 0 heterocycles. The minimum Gasteiger partial charge on any atom is -0.380 e. The Kier molecular flexibility index (Phi) is 5.78. The molecule has 0 aliphatic heterocycles. The van der Waals surface area contributed by atoms with Crippen LogP contribution < -0.4 is 10.2 Å². The van der Waals surface area contributed by atoms with Crippen LogP contribution in [0.4, 0.5) is 17.1 Å². The third-order valence-corrected chi connectivity index (χ3v) is 3.00. The number of nitriles is 1. The molecule has 108 valence electrons. The molecule has 0 radical (unpaired) electrons. The van der Waals surface area contributed by atoms with Gasteiger partial charge in [0.05, 0.1) is 16.9 Å². The number of hydrogen-bond donors (Lipinski definition) is 1. The van der Waals surface area contributed by atoms with Crippen LogP contribution in [0.1, 0.15) is 20.8 Å². The van der Waals surface area contributed by atoms with Gasteiger partial charge >= 0.3 is 5.69 Å². The number of benzene rings is 1. The smallest absolute Gasteiger partial charge is 0.315 e. The van der Waals surface area contributed by atoms with Gasteiger partial charge in [0.25, 0.3) is 0 Å². The Bertz CT molecular complexity index is 510. The molecule has 1 aromatic carbocycles. The molecule has 20 heavy (non-hydrogen) atoms. The van der Waals surface area contributed by atoms with E-state index in [1.54, 1.807) is 18.2 Å². The van der Waals surface area contributed by atoms with Gasteiger partial charge in [-0.3, -0.25) is 10.1 Å². The van der Waals surface area contributed by atoms with E-state index < -0.39 is 0 Å². The highest BCUT2D eigenvalue weighted by Crippen LogP contribution is 2.35. The Balaban J connectivity index is 3.24. The van der Waals surface area contributed by atoms with Crippen molar-refractivity contribution in [3.63, 3.8) is 0 Å². The third kappa shape index (κ3) is 3.60. The number of nitro groups is 1. The van der Waals surface area contributed by atoms with Gasteiger partial charge in [0.2, 0.25) is 0 Å². The fraction of sp³-hybridized carbons (Fsp3) is 0.500. The van der Waals surface area contributed by atoms with Gasteiger partial charge in [-0.15, -0.1) is 0 Å². The lowest BCUT2D eigenvalue weighted by Gasteiger charge is -2.24. The summed E-state index contributed by atoms with van der Waals surface area (Å²) in [6.45, 7) is 7.33. The summed E-state index contributed by atoms with van der Waals surface area (Å²) in [5.41, 5.74) is 1.14. The first kappa shape index (κ1) is 15.8. The van der Waals surface area contributed by atoms with Crippen molar-refractivity contribution in [3.05, 3.63) is 28.3 Å². The zero-order chi connectivity index (χ0) is 15.1. The highest BCUT2D eigenvalue weighted by atomic mass is 16.6. The maximum atomic E-state index is 11.4. The fourth-order valence-corrected chi connectivity index (χ4v) is 2.08. The Morgan fingerprint density at radius 1 is 1.50 bits per heavy atom. The van der Waals surface area contributed by atoms with E-state index in [0.29, 0.717) is 31.0 Å². The van der Waals surface area contributed by atoms with Gasteiger partial charge in [0.15, 0.2) is 0 Å². The first-order valence-electron chi connectivity index (χ1n) is 6.70. The van der Waals surface area contributed by atoms with Gasteiger partial charge in [0, 0.05) is 19.6 Å². The van der Waals surface area contributed by atoms with Crippen molar-refractivity contribution in [2.24, 2.45) is 5.92 Å². The Hall–Kier alpha value is -2.29. The summed E-state index contributed by atoms with van der Waals surface area (Å²) in [6, 6.07) is 7.38. The lowest BCUT2D eigenvalue weighted by atomic mass is 10.1. The number of rotatable bonds is 7. The Morgan fingerprint density at radius 3 is 2.70 bits per heavy atom. The fourth-order valence-electron chi connectivity index (χ4n) is 2.08. The third-order valence-electron chi connectivity index (χ3n) is 3.00. The molecular weight excluding hydrogens is 256 g/mol. The highest BCUT2D eigenvalue weighted by Gasteiger charge is 2.23. The van der Waals surface area contributed by atoms with E-state index in [1.165, 1.54) is 0 Å². The largest absolute Gasteiger partial charge is 0.380 e. The maximum absolute atomic E-state index is 11.4. The van der Waals surface area contributed by atoms with Gasteiger partial charge < -0.3 is 10.2 Å². The van der Waals surface area contributed by atoms with Crippen LogP contribution >= 0.6 is 0 Å². The van der Waals surface area contributed by atoms with Crippen LogP contribution in [-0.2, 0) is 0 Å². The summed E-state index contributed by atoms with van der Waals surface area (Å²) in [5, 5.41) is 23.3. The van der Waals surface area contributed by atoms with E-state index in [4.69, 9.17) is 5.26 Å².